The molecule has 0 aliphatic carbocycles. The molecule has 5 rings (SSSR count). The summed E-state index contributed by atoms with van der Waals surface area (Å²) in [5, 5.41) is 0.981. The Hall–Kier alpha value is -3.80. The first-order chi connectivity index (χ1) is 15.0. The Morgan fingerprint density at radius 1 is 0.968 bits per heavy atom. The third kappa shape index (κ3) is 3.30. The second kappa shape index (κ2) is 7.16. The van der Waals surface area contributed by atoms with Crippen LogP contribution >= 0.6 is 0 Å². The van der Waals surface area contributed by atoms with E-state index >= 15 is 0 Å². The molecular formula is C25H17F3N2O. The lowest BCUT2D eigenvalue weighted by atomic mass is 9.89. The van der Waals surface area contributed by atoms with Crippen LogP contribution in [0, 0.1) is 0 Å². The van der Waals surface area contributed by atoms with Gasteiger partial charge in [0.2, 0.25) is 0 Å². The fourth-order valence-electron chi connectivity index (χ4n) is 3.93. The second-order valence-electron chi connectivity index (χ2n) is 7.25. The summed E-state index contributed by atoms with van der Waals surface area (Å²) in [7, 11) is 1.59. The highest BCUT2D eigenvalue weighted by molar-refractivity contribution is 6.27. The van der Waals surface area contributed by atoms with Gasteiger partial charge in [-0.3, -0.25) is 4.99 Å². The van der Waals surface area contributed by atoms with Gasteiger partial charge in [0.05, 0.1) is 18.4 Å². The van der Waals surface area contributed by atoms with Crippen molar-refractivity contribution >= 4 is 34.0 Å². The number of benzene rings is 3. The smallest absolute Gasteiger partial charge is 0.416 e. The molecule has 3 aromatic carbocycles. The molecule has 0 unspecified atom stereocenters. The lowest BCUT2D eigenvalue weighted by Gasteiger charge is -2.14. The molecule has 31 heavy (non-hydrogen) atoms. The van der Waals surface area contributed by atoms with E-state index in [0.29, 0.717) is 11.3 Å². The van der Waals surface area contributed by atoms with E-state index in [1.165, 1.54) is 12.1 Å². The molecule has 1 aromatic heterocycles. The monoisotopic (exact) mass is 418 g/mol. The van der Waals surface area contributed by atoms with Crippen LogP contribution in [0.25, 0.3) is 22.0 Å². The second-order valence-corrected chi connectivity index (χ2v) is 7.25. The summed E-state index contributed by atoms with van der Waals surface area (Å²) in [6, 6.07) is 18.7. The van der Waals surface area contributed by atoms with E-state index in [1.807, 2.05) is 48.7 Å². The number of aliphatic imine (C=N–C) groups is 1. The fourth-order valence-corrected chi connectivity index (χ4v) is 3.93. The maximum Gasteiger partial charge on any atom is 0.416 e. The lowest BCUT2D eigenvalue weighted by molar-refractivity contribution is -0.137. The van der Waals surface area contributed by atoms with Crippen molar-refractivity contribution in [3.8, 4) is 5.75 Å². The van der Waals surface area contributed by atoms with Crippen LogP contribution in [0.4, 0.5) is 18.9 Å². The summed E-state index contributed by atoms with van der Waals surface area (Å²) in [5.74, 6) is 0.687. The Kier molecular flexibility index (Phi) is 4.43. The number of nitrogens with zero attached hydrogens (tertiary/aromatic N) is 1. The number of fused-ring (bicyclic) bond motifs is 2. The van der Waals surface area contributed by atoms with Gasteiger partial charge in [0.25, 0.3) is 0 Å². The number of aromatic nitrogens is 1. The zero-order valence-electron chi connectivity index (χ0n) is 16.5. The molecule has 0 fully saturated rings. The van der Waals surface area contributed by atoms with Crippen LogP contribution in [0.15, 0.2) is 77.9 Å². The van der Waals surface area contributed by atoms with E-state index in [4.69, 9.17) is 4.74 Å². The molecular weight excluding hydrogens is 401 g/mol. The number of hydrogen-bond donors (Lipinski definition) is 1. The van der Waals surface area contributed by atoms with Crippen molar-refractivity contribution in [3.05, 3.63) is 95.2 Å². The van der Waals surface area contributed by atoms with Crippen molar-refractivity contribution < 1.29 is 17.9 Å². The molecule has 0 atom stereocenters. The molecule has 4 aromatic rings. The van der Waals surface area contributed by atoms with Crippen LogP contribution in [0.3, 0.4) is 0 Å². The molecule has 3 nitrogen and oxygen atoms in total. The number of para-hydroxylation sites is 1. The Bertz CT molecular complexity index is 1350. The number of halogens is 3. The van der Waals surface area contributed by atoms with Crippen molar-refractivity contribution in [3.63, 3.8) is 0 Å². The predicted molar refractivity (Wildman–Crippen MR) is 117 cm³/mol. The third-order valence-corrected chi connectivity index (χ3v) is 5.46. The van der Waals surface area contributed by atoms with Gasteiger partial charge in [0, 0.05) is 45.6 Å². The summed E-state index contributed by atoms with van der Waals surface area (Å²) in [4.78, 5) is 7.78. The zero-order valence-corrected chi connectivity index (χ0v) is 16.5. The number of allylic oxidation sites excluding steroid dienone is 1. The standard InChI is InChI=1S/C25H17F3N2O/c1-31-17-10-11-23-19(12-17)21(14-30-23)24(15-6-8-16(9-7-15)25(26,27)28)20-13-29-22-5-3-2-4-18(20)22/h2-14,29H,1H3/b24-21+. The summed E-state index contributed by atoms with van der Waals surface area (Å²) < 4.78 is 44.8. The van der Waals surface area contributed by atoms with Gasteiger partial charge in [-0.15, -0.1) is 0 Å². The largest absolute Gasteiger partial charge is 0.497 e. The number of nitrogens with one attached hydrogen (secondary N) is 1. The summed E-state index contributed by atoms with van der Waals surface area (Å²) in [6.45, 7) is 0. The first kappa shape index (κ1) is 19.2. The van der Waals surface area contributed by atoms with Gasteiger partial charge in [-0.05, 0) is 42.0 Å². The molecule has 2 heterocycles. The molecule has 0 bridgehead atoms. The summed E-state index contributed by atoms with van der Waals surface area (Å²) >= 11 is 0. The Labute approximate surface area is 176 Å². The highest BCUT2D eigenvalue weighted by atomic mass is 19.4. The molecule has 0 saturated heterocycles. The normalized spacial score (nSPS) is 14.7. The SMILES string of the molecule is COc1ccc2c(c1)/C(=C(\c1ccc(C(F)(F)F)cc1)c1c[nH]c3ccccc13)C=N2. The Balaban J connectivity index is 1.78. The topological polar surface area (TPSA) is 37.4 Å². The quantitative estimate of drug-likeness (QED) is 0.387. The molecule has 0 saturated carbocycles. The molecule has 154 valence electrons. The number of ether oxygens (including phenoxy) is 1. The summed E-state index contributed by atoms with van der Waals surface area (Å²) in [6.07, 6.45) is -0.739. The average Bonchev–Trinajstić information content (AvgIpc) is 3.38. The summed E-state index contributed by atoms with van der Waals surface area (Å²) in [5.41, 5.74) is 5.15. The number of alkyl halides is 3. The van der Waals surface area contributed by atoms with Gasteiger partial charge in [0.1, 0.15) is 5.75 Å². The molecule has 6 heteroatoms. The van der Waals surface area contributed by atoms with Gasteiger partial charge in [0.15, 0.2) is 0 Å². The van der Waals surface area contributed by atoms with Crippen molar-refractivity contribution in [2.45, 2.75) is 6.18 Å². The molecule has 0 spiro atoms. The number of methoxy groups -OCH3 is 1. The van der Waals surface area contributed by atoms with E-state index in [9.17, 15) is 13.2 Å². The Morgan fingerprint density at radius 2 is 1.74 bits per heavy atom. The van der Waals surface area contributed by atoms with Crippen molar-refractivity contribution in [1.82, 2.24) is 4.98 Å². The van der Waals surface area contributed by atoms with Crippen LogP contribution in [-0.2, 0) is 6.18 Å². The van der Waals surface area contributed by atoms with Crippen molar-refractivity contribution in [2.24, 2.45) is 4.99 Å². The van der Waals surface area contributed by atoms with Crippen LogP contribution in [-0.4, -0.2) is 18.3 Å². The van der Waals surface area contributed by atoms with Crippen LogP contribution < -0.4 is 4.74 Å². The molecule has 1 aliphatic rings. The minimum absolute atomic E-state index is 0.676. The lowest BCUT2D eigenvalue weighted by Crippen LogP contribution is -2.04. The third-order valence-electron chi connectivity index (χ3n) is 5.46. The first-order valence-electron chi connectivity index (χ1n) is 9.66. The minimum Gasteiger partial charge on any atom is -0.497 e. The van der Waals surface area contributed by atoms with Crippen molar-refractivity contribution in [1.29, 1.82) is 0 Å². The maximum atomic E-state index is 13.1. The Morgan fingerprint density at radius 3 is 2.48 bits per heavy atom. The minimum atomic E-state index is -4.39. The maximum absolute atomic E-state index is 13.1. The molecule has 1 N–H and O–H groups in total. The van der Waals surface area contributed by atoms with Gasteiger partial charge < -0.3 is 9.72 Å². The van der Waals surface area contributed by atoms with Crippen LogP contribution in [0.2, 0.25) is 0 Å². The van der Waals surface area contributed by atoms with Gasteiger partial charge in [-0.2, -0.15) is 13.2 Å². The average molecular weight is 418 g/mol. The van der Waals surface area contributed by atoms with E-state index < -0.39 is 11.7 Å². The van der Waals surface area contributed by atoms with Gasteiger partial charge >= 0.3 is 6.18 Å². The number of H-pyrrole nitrogens is 1. The zero-order chi connectivity index (χ0) is 21.6. The van der Waals surface area contributed by atoms with E-state index in [-0.39, 0.29) is 0 Å². The van der Waals surface area contributed by atoms with Crippen LogP contribution in [0.5, 0.6) is 5.75 Å². The van der Waals surface area contributed by atoms with Crippen molar-refractivity contribution in [2.75, 3.05) is 7.11 Å². The highest BCUT2D eigenvalue weighted by Gasteiger charge is 2.30. The van der Waals surface area contributed by atoms with E-state index in [0.717, 1.165) is 51.0 Å². The van der Waals surface area contributed by atoms with Crippen LogP contribution in [0.1, 0.15) is 22.3 Å². The van der Waals surface area contributed by atoms with E-state index in [2.05, 4.69) is 9.98 Å². The highest BCUT2D eigenvalue weighted by Crippen LogP contribution is 2.42. The molecule has 0 amide bonds. The number of hydrogen-bond acceptors (Lipinski definition) is 2. The fraction of sp³-hybridized carbons (Fsp3) is 0.0800. The molecule has 0 radical (unpaired) electrons. The number of aromatic amines is 1. The molecule has 1 aliphatic heterocycles. The predicted octanol–water partition coefficient (Wildman–Crippen LogP) is 6.87. The first-order valence-corrected chi connectivity index (χ1v) is 9.66. The number of rotatable bonds is 3. The van der Waals surface area contributed by atoms with Gasteiger partial charge in [-0.1, -0.05) is 30.3 Å². The van der Waals surface area contributed by atoms with Gasteiger partial charge in [-0.25, -0.2) is 0 Å². The van der Waals surface area contributed by atoms with E-state index in [1.54, 1.807) is 13.3 Å².